The Morgan fingerprint density at radius 1 is 0.972 bits per heavy atom. The molecule has 2 aromatic heterocycles. The molecule has 5 rings (SSSR count). The molecule has 1 fully saturated rings. The van der Waals surface area contributed by atoms with Crippen LogP contribution in [0.25, 0.3) is 22.3 Å². The quantitative estimate of drug-likeness (QED) is 0.305. The molecule has 6 nitrogen and oxygen atoms in total. The van der Waals surface area contributed by atoms with Crippen molar-refractivity contribution in [1.82, 2.24) is 9.97 Å². The molecule has 0 saturated carbocycles. The maximum atomic E-state index is 12.7. The minimum absolute atomic E-state index is 0.224. The number of fused-ring (bicyclic) bond motifs is 1. The smallest absolute Gasteiger partial charge is 0.235 e. The number of hydrogen-bond donors (Lipinski definition) is 0. The molecule has 1 saturated heterocycles. The molecule has 0 bridgehead atoms. The molecule has 1 unspecified atom stereocenters. The van der Waals surface area contributed by atoms with Gasteiger partial charge in [-0.25, -0.2) is 17.8 Å². The maximum absolute atomic E-state index is 12.7. The van der Waals surface area contributed by atoms with Crippen LogP contribution in [-0.4, -0.2) is 36.4 Å². The second-order valence-electron chi connectivity index (χ2n) is 8.92. The van der Waals surface area contributed by atoms with E-state index >= 15 is 0 Å². The highest BCUT2D eigenvalue weighted by molar-refractivity contribution is 7.92. The van der Waals surface area contributed by atoms with Crippen molar-refractivity contribution < 1.29 is 8.42 Å². The summed E-state index contributed by atoms with van der Waals surface area (Å²) < 4.78 is 32.0. The van der Waals surface area contributed by atoms with Crippen LogP contribution in [0.5, 0.6) is 0 Å². The lowest BCUT2D eigenvalue weighted by molar-refractivity contribution is 0.592. The van der Waals surface area contributed by atoms with E-state index in [-0.39, 0.29) is 16.4 Å². The van der Waals surface area contributed by atoms with Gasteiger partial charge in [-0.1, -0.05) is 30.1 Å². The van der Waals surface area contributed by atoms with Gasteiger partial charge in [-0.15, -0.1) is 0 Å². The van der Waals surface area contributed by atoms with Crippen molar-refractivity contribution in [2.24, 2.45) is 4.36 Å². The molecule has 2 aromatic carbocycles. The summed E-state index contributed by atoms with van der Waals surface area (Å²) in [5, 5.41) is 0. The predicted octanol–water partition coefficient (Wildman–Crippen LogP) is 6.44. The Bertz CT molecular complexity index is 1530. The van der Waals surface area contributed by atoms with Gasteiger partial charge in [0.05, 0.1) is 33.9 Å². The second-order valence-corrected chi connectivity index (χ2v) is 12.9. The monoisotopic (exact) mass is 518 g/mol. The molecule has 1 aliphatic rings. The number of sulfonamides is 1. The summed E-state index contributed by atoms with van der Waals surface area (Å²) in [6.45, 7) is 4.77. The van der Waals surface area contributed by atoms with Crippen LogP contribution in [0.2, 0.25) is 0 Å². The molecule has 0 amide bonds. The van der Waals surface area contributed by atoms with E-state index in [4.69, 9.17) is 9.35 Å². The summed E-state index contributed by atoms with van der Waals surface area (Å²) in [6, 6.07) is 22.0. The van der Waals surface area contributed by atoms with Gasteiger partial charge in [-0.2, -0.15) is 0 Å². The van der Waals surface area contributed by atoms with E-state index in [0.717, 1.165) is 69.1 Å². The molecule has 8 heteroatoms. The molecule has 4 aromatic rings. The minimum Gasteiger partial charge on any atom is -0.270 e. The number of aryl methyl sites for hydroxylation is 1. The molecule has 1 aliphatic heterocycles. The van der Waals surface area contributed by atoms with Crippen molar-refractivity contribution in [1.29, 1.82) is 0 Å². The van der Waals surface area contributed by atoms with Gasteiger partial charge in [-0.3, -0.25) is 9.29 Å². The highest BCUT2D eigenvalue weighted by Gasteiger charge is 2.24. The van der Waals surface area contributed by atoms with Crippen LogP contribution in [-0.2, 0) is 20.7 Å². The average Bonchev–Trinajstić information content (AvgIpc) is 3.08. The molecular formula is C28H30N4O2S2. The molecular weight excluding hydrogens is 488 g/mol. The molecule has 0 aliphatic carbocycles. The van der Waals surface area contributed by atoms with Crippen LogP contribution in [0.15, 0.2) is 82.2 Å². The van der Waals surface area contributed by atoms with Crippen LogP contribution in [0.1, 0.15) is 31.7 Å². The van der Waals surface area contributed by atoms with Crippen molar-refractivity contribution in [3.05, 3.63) is 78.5 Å². The summed E-state index contributed by atoms with van der Waals surface area (Å²) >= 11 is 0. The number of pyridine rings is 2. The second kappa shape index (κ2) is 10.5. The summed E-state index contributed by atoms with van der Waals surface area (Å²) in [5.74, 6) is 1.09. The van der Waals surface area contributed by atoms with Gasteiger partial charge in [0.2, 0.25) is 10.0 Å². The SMILES string of the molecule is CCS(=Nc1ccc(C)c(-c2ccc3ncccc3n2)c1)c1ccc(N2CCCCCS2(=O)=O)cc1. The number of rotatable bonds is 5. The lowest BCUT2D eigenvalue weighted by Gasteiger charge is -2.22. The first-order valence-electron chi connectivity index (χ1n) is 12.3. The first kappa shape index (κ1) is 24.6. The van der Waals surface area contributed by atoms with Crippen LogP contribution in [0, 0.1) is 6.92 Å². The lowest BCUT2D eigenvalue weighted by Crippen LogP contribution is -2.32. The Kier molecular flexibility index (Phi) is 7.16. The molecule has 1 atom stereocenters. The van der Waals surface area contributed by atoms with Gasteiger partial charge in [-0.05, 0) is 86.0 Å². The zero-order chi connectivity index (χ0) is 25.1. The topological polar surface area (TPSA) is 75.5 Å². The lowest BCUT2D eigenvalue weighted by atomic mass is 10.0. The highest BCUT2D eigenvalue weighted by atomic mass is 32.2. The van der Waals surface area contributed by atoms with Gasteiger partial charge in [0, 0.05) is 29.0 Å². The van der Waals surface area contributed by atoms with Gasteiger partial charge >= 0.3 is 0 Å². The standard InChI is InChI=1S/C28H30N4O2S2/c1-3-35(24-13-11-23(12-14-24)32-18-5-4-6-19-36(32,33)34)31-22-10-9-21(2)25(20-22)26-15-16-27-28(30-26)8-7-17-29-27/h7-17,20H,3-6,18-19H2,1-2H3. The van der Waals surface area contributed by atoms with Crippen molar-refractivity contribution in [2.75, 3.05) is 22.4 Å². The Balaban J connectivity index is 1.45. The average molecular weight is 519 g/mol. The normalized spacial score (nSPS) is 16.7. The first-order chi connectivity index (χ1) is 17.4. The van der Waals surface area contributed by atoms with Crippen molar-refractivity contribution in [2.45, 2.75) is 38.0 Å². The molecule has 36 heavy (non-hydrogen) atoms. The molecule has 0 radical (unpaired) electrons. The Morgan fingerprint density at radius 2 is 1.81 bits per heavy atom. The Hall–Kier alpha value is -3.10. The zero-order valence-electron chi connectivity index (χ0n) is 20.6. The van der Waals surface area contributed by atoms with Crippen LogP contribution in [0.4, 0.5) is 11.4 Å². The summed E-state index contributed by atoms with van der Waals surface area (Å²) in [6.07, 6.45) is 4.36. The molecule has 0 spiro atoms. The predicted molar refractivity (Wildman–Crippen MR) is 149 cm³/mol. The zero-order valence-corrected chi connectivity index (χ0v) is 22.2. The number of anilines is 1. The fourth-order valence-corrected chi connectivity index (χ4v) is 7.51. The van der Waals surface area contributed by atoms with Crippen LogP contribution >= 0.6 is 0 Å². The minimum atomic E-state index is -3.25. The third-order valence-corrected chi connectivity index (χ3v) is 10.1. The first-order valence-corrected chi connectivity index (χ1v) is 15.3. The van der Waals surface area contributed by atoms with Crippen LogP contribution in [0.3, 0.4) is 0 Å². The number of nitrogens with zero attached hydrogens (tertiary/aromatic N) is 4. The van der Waals surface area contributed by atoms with E-state index in [2.05, 4.69) is 37.0 Å². The van der Waals surface area contributed by atoms with Gasteiger partial charge in [0.25, 0.3) is 0 Å². The number of aromatic nitrogens is 2. The maximum Gasteiger partial charge on any atom is 0.235 e. The van der Waals surface area contributed by atoms with E-state index < -0.39 is 10.0 Å². The fourth-order valence-electron chi connectivity index (χ4n) is 4.49. The van der Waals surface area contributed by atoms with Crippen molar-refractivity contribution in [3.8, 4) is 11.3 Å². The molecule has 186 valence electrons. The van der Waals surface area contributed by atoms with Crippen molar-refractivity contribution in [3.63, 3.8) is 0 Å². The van der Waals surface area contributed by atoms with E-state index in [1.54, 1.807) is 10.5 Å². The van der Waals surface area contributed by atoms with E-state index in [9.17, 15) is 8.42 Å². The summed E-state index contributed by atoms with van der Waals surface area (Å²) in [5.41, 5.74) is 6.51. The Labute approximate surface area is 215 Å². The van der Waals surface area contributed by atoms with Crippen LogP contribution < -0.4 is 4.31 Å². The molecule has 3 heterocycles. The Morgan fingerprint density at radius 3 is 2.61 bits per heavy atom. The van der Waals surface area contributed by atoms with Gasteiger partial charge < -0.3 is 0 Å². The summed E-state index contributed by atoms with van der Waals surface area (Å²) in [7, 11) is -3.60. The van der Waals surface area contributed by atoms with Crippen molar-refractivity contribution >= 4 is 43.1 Å². The molecule has 0 N–H and O–H groups in total. The third-order valence-electron chi connectivity index (χ3n) is 6.44. The summed E-state index contributed by atoms with van der Waals surface area (Å²) in [4.78, 5) is 10.3. The van der Waals surface area contributed by atoms with E-state index in [1.807, 2.05) is 48.5 Å². The number of benzene rings is 2. The number of hydrogen-bond acceptors (Lipinski definition) is 5. The third kappa shape index (κ3) is 5.20. The van der Waals surface area contributed by atoms with E-state index in [1.165, 1.54) is 0 Å². The van der Waals surface area contributed by atoms with Gasteiger partial charge in [0.15, 0.2) is 0 Å². The largest absolute Gasteiger partial charge is 0.270 e. The van der Waals surface area contributed by atoms with Gasteiger partial charge in [0.1, 0.15) is 0 Å². The highest BCUT2D eigenvalue weighted by Crippen LogP contribution is 2.30. The fraction of sp³-hybridized carbons (Fsp3) is 0.286. The van der Waals surface area contributed by atoms with E-state index in [0.29, 0.717) is 6.54 Å².